The van der Waals surface area contributed by atoms with Gasteiger partial charge in [0.25, 0.3) is 0 Å². The van der Waals surface area contributed by atoms with Crippen LogP contribution in [0.15, 0.2) is 35.1 Å². The number of hydrogen-bond acceptors (Lipinski definition) is 5. The predicted molar refractivity (Wildman–Crippen MR) is 91.3 cm³/mol. The molecule has 3 aromatic heterocycles. The minimum Gasteiger partial charge on any atom is -0.461 e. The number of aryl methyl sites for hydroxylation is 2. The van der Waals surface area contributed by atoms with Gasteiger partial charge in [0, 0.05) is 35.6 Å². The van der Waals surface area contributed by atoms with E-state index in [1.807, 2.05) is 29.7 Å². The second-order valence-electron chi connectivity index (χ2n) is 6.06. The molecule has 1 aliphatic rings. The Morgan fingerprint density at radius 2 is 2.26 bits per heavy atom. The Labute approximate surface area is 139 Å². The SMILES string of the molecule is Cc1cc(CN2CCc3cnc(-c4ccco4)nc3C2)sc1C. The monoisotopic (exact) mass is 325 g/mol. The van der Waals surface area contributed by atoms with Crippen LogP contribution in [0.25, 0.3) is 11.6 Å². The van der Waals surface area contributed by atoms with E-state index in [1.54, 1.807) is 6.26 Å². The van der Waals surface area contributed by atoms with Crippen LogP contribution in [0.3, 0.4) is 0 Å². The van der Waals surface area contributed by atoms with E-state index in [0.29, 0.717) is 5.82 Å². The van der Waals surface area contributed by atoms with Crippen molar-refractivity contribution in [2.75, 3.05) is 6.54 Å². The second kappa shape index (κ2) is 5.91. The number of rotatable bonds is 3. The molecule has 0 fully saturated rings. The van der Waals surface area contributed by atoms with Crippen LogP contribution in [0.1, 0.15) is 26.6 Å². The Balaban J connectivity index is 1.54. The molecular weight excluding hydrogens is 306 g/mol. The van der Waals surface area contributed by atoms with Gasteiger partial charge >= 0.3 is 0 Å². The Bertz CT molecular complexity index is 803. The predicted octanol–water partition coefficient (Wildman–Crippen LogP) is 3.97. The van der Waals surface area contributed by atoms with Crippen molar-refractivity contribution < 1.29 is 4.42 Å². The summed E-state index contributed by atoms with van der Waals surface area (Å²) < 4.78 is 5.41. The van der Waals surface area contributed by atoms with Crippen molar-refractivity contribution in [1.29, 1.82) is 0 Å². The third-order valence-corrected chi connectivity index (χ3v) is 5.50. The molecule has 0 atom stereocenters. The molecule has 0 saturated heterocycles. The van der Waals surface area contributed by atoms with Gasteiger partial charge in [0.2, 0.25) is 0 Å². The van der Waals surface area contributed by atoms with Gasteiger partial charge in [0.15, 0.2) is 11.6 Å². The summed E-state index contributed by atoms with van der Waals surface area (Å²) in [5.41, 5.74) is 3.78. The summed E-state index contributed by atoms with van der Waals surface area (Å²) >= 11 is 1.90. The molecule has 0 aliphatic carbocycles. The molecule has 118 valence electrons. The molecular formula is C18H19N3OS. The smallest absolute Gasteiger partial charge is 0.195 e. The average molecular weight is 325 g/mol. The minimum atomic E-state index is 0.679. The lowest BCUT2D eigenvalue weighted by Crippen LogP contribution is -2.30. The van der Waals surface area contributed by atoms with Crippen molar-refractivity contribution >= 4 is 11.3 Å². The molecule has 5 heteroatoms. The summed E-state index contributed by atoms with van der Waals surface area (Å²) in [6.07, 6.45) is 4.62. The van der Waals surface area contributed by atoms with E-state index in [1.165, 1.54) is 20.9 Å². The van der Waals surface area contributed by atoms with E-state index in [-0.39, 0.29) is 0 Å². The van der Waals surface area contributed by atoms with Crippen LogP contribution in [0.2, 0.25) is 0 Å². The first-order chi connectivity index (χ1) is 11.2. The number of furan rings is 1. The quantitative estimate of drug-likeness (QED) is 0.730. The lowest BCUT2D eigenvalue weighted by molar-refractivity contribution is 0.243. The van der Waals surface area contributed by atoms with Crippen molar-refractivity contribution in [3.63, 3.8) is 0 Å². The largest absolute Gasteiger partial charge is 0.461 e. The molecule has 0 spiro atoms. The molecule has 0 saturated carbocycles. The zero-order valence-electron chi connectivity index (χ0n) is 13.4. The molecule has 4 rings (SSSR count). The Morgan fingerprint density at radius 3 is 3.00 bits per heavy atom. The van der Waals surface area contributed by atoms with E-state index >= 15 is 0 Å². The van der Waals surface area contributed by atoms with Gasteiger partial charge in [0.1, 0.15) is 0 Å². The van der Waals surface area contributed by atoms with Crippen LogP contribution in [-0.4, -0.2) is 21.4 Å². The van der Waals surface area contributed by atoms with Crippen molar-refractivity contribution in [3.05, 3.63) is 57.2 Å². The van der Waals surface area contributed by atoms with Crippen LogP contribution in [0, 0.1) is 13.8 Å². The number of thiophene rings is 1. The van der Waals surface area contributed by atoms with Gasteiger partial charge in [-0.3, -0.25) is 4.90 Å². The van der Waals surface area contributed by atoms with Crippen molar-refractivity contribution in [3.8, 4) is 11.6 Å². The molecule has 0 amide bonds. The summed E-state index contributed by atoms with van der Waals surface area (Å²) in [6, 6.07) is 6.08. The zero-order valence-corrected chi connectivity index (χ0v) is 14.2. The number of fused-ring (bicyclic) bond motifs is 1. The highest BCUT2D eigenvalue weighted by Crippen LogP contribution is 2.25. The van der Waals surface area contributed by atoms with Crippen LogP contribution in [0.4, 0.5) is 0 Å². The molecule has 0 aromatic carbocycles. The van der Waals surface area contributed by atoms with Gasteiger partial charge in [-0.05, 0) is 49.6 Å². The van der Waals surface area contributed by atoms with Gasteiger partial charge in [-0.25, -0.2) is 9.97 Å². The number of hydrogen-bond donors (Lipinski definition) is 0. The lowest BCUT2D eigenvalue weighted by atomic mass is 10.1. The molecule has 23 heavy (non-hydrogen) atoms. The van der Waals surface area contributed by atoms with E-state index in [4.69, 9.17) is 9.40 Å². The zero-order chi connectivity index (χ0) is 15.8. The third-order valence-electron chi connectivity index (χ3n) is 4.36. The third kappa shape index (κ3) is 2.94. The fraction of sp³-hybridized carbons (Fsp3) is 0.333. The van der Waals surface area contributed by atoms with Crippen LogP contribution in [-0.2, 0) is 19.5 Å². The first-order valence-corrected chi connectivity index (χ1v) is 8.67. The molecule has 0 N–H and O–H groups in total. The van der Waals surface area contributed by atoms with Gasteiger partial charge in [-0.15, -0.1) is 11.3 Å². The summed E-state index contributed by atoms with van der Waals surface area (Å²) in [7, 11) is 0. The molecule has 4 heterocycles. The molecule has 0 radical (unpaired) electrons. The highest BCUT2D eigenvalue weighted by molar-refractivity contribution is 7.12. The van der Waals surface area contributed by atoms with Crippen LogP contribution in [0.5, 0.6) is 0 Å². The molecule has 3 aromatic rings. The highest BCUT2D eigenvalue weighted by Gasteiger charge is 2.20. The molecule has 0 unspecified atom stereocenters. The molecule has 1 aliphatic heterocycles. The second-order valence-corrected chi connectivity index (χ2v) is 7.40. The van der Waals surface area contributed by atoms with Crippen LogP contribution >= 0.6 is 11.3 Å². The molecule has 0 bridgehead atoms. The van der Waals surface area contributed by atoms with Crippen LogP contribution < -0.4 is 0 Å². The normalized spacial score (nSPS) is 14.9. The van der Waals surface area contributed by atoms with E-state index in [9.17, 15) is 0 Å². The highest BCUT2D eigenvalue weighted by atomic mass is 32.1. The van der Waals surface area contributed by atoms with Gasteiger partial charge in [-0.2, -0.15) is 0 Å². The summed E-state index contributed by atoms with van der Waals surface area (Å²) in [5.74, 6) is 1.41. The summed E-state index contributed by atoms with van der Waals surface area (Å²) in [5, 5.41) is 0. The first kappa shape index (κ1) is 14.6. The number of aromatic nitrogens is 2. The minimum absolute atomic E-state index is 0.679. The van der Waals surface area contributed by atoms with Crippen molar-refractivity contribution in [1.82, 2.24) is 14.9 Å². The fourth-order valence-electron chi connectivity index (χ4n) is 2.96. The fourth-order valence-corrected chi connectivity index (χ4v) is 4.06. The summed E-state index contributed by atoms with van der Waals surface area (Å²) in [4.78, 5) is 14.5. The Morgan fingerprint density at radius 1 is 1.35 bits per heavy atom. The van der Waals surface area contributed by atoms with Gasteiger partial charge in [-0.1, -0.05) is 0 Å². The van der Waals surface area contributed by atoms with Crippen molar-refractivity contribution in [2.45, 2.75) is 33.4 Å². The lowest BCUT2D eigenvalue weighted by Gasteiger charge is -2.27. The van der Waals surface area contributed by atoms with E-state index in [2.05, 4.69) is 29.8 Å². The average Bonchev–Trinajstić information content (AvgIpc) is 3.17. The number of nitrogens with zero attached hydrogens (tertiary/aromatic N) is 3. The van der Waals surface area contributed by atoms with Gasteiger partial charge < -0.3 is 4.42 Å². The van der Waals surface area contributed by atoms with Gasteiger partial charge in [0.05, 0.1) is 12.0 Å². The first-order valence-electron chi connectivity index (χ1n) is 7.86. The Kier molecular flexibility index (Phi) is 3.75. The van der Waals surface area contributed by atoms with E-state index < -0.39 is 0 Å². The maximum atomic E-state index is 5.41. The maximum Gasteiger partial charge on any atom is 0.195 e. The standard InChI is InChI=1S/C18H19N3OS/c1-12-8-15(23-13(12)2)10-21-6-5-14-9-19-18(20-16(14)11-21)17-4-3-7-22-17/h3-4,7-9H,5-6,10-11H2,1-2H3. The summed E-state index contributed by atoms with van der Waals surface area (Å²) in [6.45, 7) is 7.31. The Hall–Kier alpha value is -1.98. The maximum absolute atomic E-state index is 5.41. The molecule has 4 nitrogen and oxygen atoms in total. The van der Waals surface area contributed by atoms with Crippen molar-refractivity contribution in [2.24, 2.45) is 0 Å². The van der Waals surface area contributed by atoms with E-state index in [0.717, 1.165) is 37.5 Å². The topological polar surface area (TPSA) is 42.2 Å².